The molecule has 1 rings (SSSR count). The number of hydrogen-bond donors (Lipinski definition) is 1. The van der Waals surface area contributed by atoms with Crippen LogP contribution in [0.15, 0.2) is 12.1 Å². The molecule has 0 bridgehead atoms. The normalized spacial score (nSPS) is 11.6. The van der Waals surface area contributed by atoms with E-state index in [4.69, 9.17) is 22.1 Å². The molecule has 2 N–H and O–H groups in total. The second kappa shape index (κ2) is 4.93. The average molecular weight is 254 g/mol. The van der Waals surface area contributed by atoms with Gasteiger partial charge in [-0.1, -0.05) is 11.6 Å². The van der Waals surface area contributed by atoms with Crippen LogP contribution in [0.5, 0.6) is 5.75 Å². The smallest absolute Gasteiger partial charge is 0.264 e. The third-order valence-electron chi connectivity index (χ3n) is 2.04. The zero-order chi connectivity index (χ0) is 12.3. The van der Waals surface area contributed by atoms with Gasteiger partial charge in [0, 0.05) is 17.0 Å². The van der Waals surface area contributed by atoms with Gasteiger partial charge in [-0.2, -0.15) is 0 Å². The summed E-state index contributed by atoms with van der Waals surface area (Å²) < 4.78 is 44.2. The summed E-state index contributed by atoms with van der Waals surface area (Å²) in [4.78, 5) is 0. The molecule has 0 aliphatic carbocycles. The first-order valence-corrected chi connectivity index (χ1v) is 4.87. The van der Waals surface area contributed by atoms with Crippen molar-refractivity contribution in [2.45, 2.75) is 12.3 Å². The van der Waals surface area contributed by atoms with Crippen molar-refractivity contribution < 1.29 is 17.9 Å². The van der Waals surface area contributed by atoms with E-state index in [1.807, 2.05) is 0 Å². The molecule has 0 atom stereocenters. The predicted octanol–water partition coefficient (Wildman–Crippen LogP) is 2.62. The zero-order valence-electron chi connectivity index (χ0n) is 8.57. The summed E-state index contributed by atoms with van der Waals surface area (Å²) in [7, 11) is 1.20. The van der Waals surface area contributed by atoms with E-state index in [0.717, 1.165) is 6.07 Å². The molecular formula is C10H11ClF3NO. The number of benzene rings is 1. The Morgan fingerprint density at radius 3 is 2.56 bits per heavy atom. The van der Waals surface area contributed by atoms with Crippen LogP contribution >= 0.6 is 11.6 Å². The maximum atomic E-state index is 13.3. The molecule has 0 spiro atoms. The molecule has 6 heteroatoms. The molecule has 0 aliphatic heterocycles. The third kappa shape index (κ3) is 3.02. The fraction of sp³-hybridized carbons (Fsp3) is 0.400. The van der Waals surface area contributed by atoms with Gasteiger partial charge in [0.05, 0.1) is 13.7 Å². The molecule has 0 aromatic heterocycles. The van der Waals surface area contributed by atoms with Crippen molar-refractivity contribution in [3.63, 3.8) is 0 Å². The van der Waals surface area contributed by atoms with E-state index >= 15 is 0 Å². The Balaban J connectivity index is 3.12. The molecule has 0 saturated carbocycles. The van der Waals surface area contributed by atoms with Crippen molar-refractivity contribution in [3.05, 3.63) is 28.5 Å². The number of alkyl halides is 2. The molecule has 0 fully saturated rings. The van der Waals surface area contributed by atoms with Gasteiger partial charge in [-0.15, -0.1) is 0 Å². The lowest BCUT2D eigenvalue weighted by Gasteiger charge is -2.16. The highest BCUT2D eigenvalue weighted by atomic mass is 35.5. The average Bonchev–Trinajstić information content (AvgIpc) is 2.16. The lowest BCUT2D eigenvalue weighted by atomic mass is 10.1. The highest BCUT2D eigenvalue weighted by molar-refractivity contribution is 6.30. The molecule has 90 valence electrons. The zero-order valence-corrected chi connectivity index (χ0v) is 9.32. The molecule has 0 saturated heterocycles. The monoisotopic (exact) mass is 253 g/mol. The van der Waals surface area contributed by atoms with Crippen molar-refractivity contribution in [3.8, 4) is 5.75 Å². The summed E-state index contributed by atoms with van der Waals surface area (Å²) in [6.45, 7) is -0.815. The van der Waals surface area contributed by atoms with Gasteiger partial charge in [-0.25, -0.2) is 13.2 Å². The van der Waals surface area contributed by atoms with E-state index in [1.165, 1.54) is 13.2 Å². The predicted molar refractivity (Wildman–Crippen MR) is 55.7 cm³/mol. The summed E-state index contributed by atoms with van der Waals surface area (Å²) >= 11 is 5.58. The van der Waals surface area contributed by atoms with Gasteiger partial charge in [0.15, 0.2) is 11.6 Å². The van der Waals surface area contributed by atoms with E-state index in [-0.39, 0.29) is 16.3 Å². The first-order chi connectivity index (χ1) is 7.39. The van der Waals surface area contributed by atoms with Gasteiger partial charge in [-0.3, -0.25) is 0 Å². The van der Waals surface area contributed by atoms with Crippen LogP contribution in [0.4, 0.5) is 13.2 Å². The molecular weight excluding hydrogens is 243 g/mol. The molecule has 1 aromatic carbocycles. The second-order valence-corrected chi connectivity index (χ2v) is 3.75. The van der Waals surface area contributed by atoms with E-state index in [9.17, 15) is 13.2 Å². The lowest BCUT2D eigenvalue weighted by molar-refractivity contribution is 0.0109. The number of methoxy groups -OCH3 is 1. The van der Waals surface area contributed by atoms with Crippen molar-refractivity contribution >= 4 is 11.6 Å². The minimum atomic E-state index is -3.11. The fourth-order valence-electron chi connectivity index (χ4n) is 1.32. The summed E-state index contributed by atoms with van der Waals surface area (Å²) in [5, 5.41) is 0.0427. The highest BCUT2D eigenvalue weighted by Gasteiger charge is 2.29. The minimum absolute atomic E-state index is 0.00273. The van der Waals surface area contributed by atoms with E-state index < -0.39 is 24.7 Å². The van der Waals surface area contributed by atoms with Gasteiger partial charge in [-0.05, 0) is 12.1 Å². The molecule has 1 aromatic rings. The number of rotatable bonds is 4. The highest BCUT2D eigenvalue weighted by Crippen LogP contribution is 2.31. The van der Waals surface area contributed by atoms with E-state index in [1.54, 1.807) is 0 Å². The van der Waals surface area contributed by atoms with Crippen LogP contribution in [0.3, 0.4) is 0 Å². The molecule has 2 nitrogen and oxygen atoms in total. The first kappa shape index (κ1) is 13.1. The molecule has 0 aliphatic rings. The van der Waals surface area contributed by atoms with Gasteiger partial charge in [0.2, 0.25) is 0 Å². The Hall–Kier alpha value is -0.940. The van der Waals surface area contributed by atoms with Gasteiger partial charge in [0.1, 0.15) is 0 Å². The van der Waals surface area contributed by atoms with Crippen molar-refractivity contribution in [1.82, 2.24) is 0 Å². The Kier molecular flexibility index (Phi) is 4.04. The lowest BCUT2D eigenvalue weighted by Crippen LogP contribution is -2.30. The van der Waals surface area contributed by atoms with E-state index in [2.05, 4.69) is 0 Å². The van der Waals surface area contributed by atoms with Crippen molar-refractivity contribution in [2.24, 2.45) is 5.73 Å². The Morgan fingerprint density at radius 2 is 2.06 bits per heavy atom. The van der Waals surface area contributed by atoms with Crippen LogP contribution in [0.1, 0.15) is 5.56 Å². The van der Waals surface area contributed by atoms with Gasteiger partial charge >= 0.3 is 0 Å². The van der Waals surface area contributed by atoms with Crippen LogP contribution in [-0.2, 0) is 6.42 Å². The fourth-order valence-corrected chi connectivity index (χ4v) is 1.55. The van der Waals surface area contributed by atoms with Crippen molar-refractivity contribution in [1.29, 1.82) is 0 Å². The largest absolute Gasteiger partial charge is 0.493 e. The maximum absolute atomic E-state index is 13.3. The summed E-state index contributed by atoms with van der Waals surface area (Å²) in [5.74, 6) is -4.10. The van der Waals surface area contributed by atoms with Crippen LogP contribution in [0.25, 0.3) is 0 Å². The van der Waals surface area contributed by atoms with E-state index in [0.29, 0.717) is 0 Å². The van der Waals surface area contributed by atoms with Gasteiger partial charge < -0.3 is 10.5 Å². The summed E-state index contributed by atoms with van der Waals surface area (Å²) in [6, 6.07) is 2.25. The van der Waals surface area contributed by atoms with Crippen LogP contribution in [0.2, 0.25) is 5.02 Å². The number of hydrogen-bond acceptors (Lipinski definition) is 2. The topological polar surface area (TPSA) is 35.2 Å². The molecule has 0 radical (unpaired) electrons. The van der Waals surface area contributed by atoms with Crippen LogP contribution in [-0.4, -0.2) is 19.6 Å². The third-order valence-corrected chi connectivity index (χ3v) is 2.26. The van der Waals surface area contributed by atoms with Gasteiger partial charge in [0.25, 0.3) is 5.92 Å². The summed E-state index contributed by atoms with van der Waals surface area (Å²) in [6.07, 6.45) is -0.704. The Labute approximate surface area is 96.1 Å². The standard InChI is InChI=1S/C10H11ClF3NO/c1-16-9-6(4-10(13,14)5-15)2-7(11)3-8(9)12/h2-3H,4-5,15H2,1H3. The molecule has 16 heavy (non-hydrogen) atoms. The Morgan fingerprint density at radius 1 is 1.44 bits per heavy atom. The molecule has 0 unspecified atom stereocenters. The number of nitrogens with two attached hydrogens (primary N) is 1. The van der Waals surface area contributed by atoms with Crippen LogP contribution < -0.4 is 10.5 Å². The van der Waals surface area contributed by atoms with Crippen molar-refractivity contribution in [2.75, 3.05) is 13.7 Å². The first-order valence-electron chi connectivity index (χ1n) is 4.49. The quantitative estimate of drug-likeness (QED) is 0.895. The number of halogens is 4. The minimum Gasteiger partial charge on any atom is -0.493 e. The Bertz CT molecular complexity index is 385. The van der Waals surface area contributed by atoms with Crippen LogP contribution in [0, 0.1) is 5.82 Å². The maximum Gasteiger partial charge on any atom is 0.264 e. The number of ether oxygens (including phenoxy) is 1. The SMILES string of the molecule is COc1c(F)cc(Cl)cc1CC(F)(F)CN. The summed E-state index contributed by atoms with van der Waals surface area (Å²) in [5.41, 5.74) is 4.91. The molecule has 0 amide bonds. The second-order valence-electron chi connectivity index (χ2n) is 3.32. The molecule has 0 heterocycles.